The molecule has 0 radical (unpaired) electrons. The van der Waals surface area contributed by atoms with Crippen molar-refractivity contribution < 1.29 is 0 Å². The van der Waals surface area contributed by atoms with Gasteiger partial charge in [0.05, 0.1) is 0 Å². The average Bonchev–Trinajstić information content (AvgIpc) is 2.36. The van der Waals surface area contributed by atoms with Crippen molar-refractivity contribution in [3.8, 4) is 0 Å². The van der Waals surface area contributed by atoms with Gasteiger partial charge < -0.3 is 11.1 Å². The fraction of sp³-hybridized carbons (Fsp3) is 1.00. The molecule has 0 unspecified atom stereocenters. The van der Waals surface area contributed by atoms with E-state index in [0.717, 1.165) is 13.1 Å². The van der Waals surface area contributed by atoms with Crippen LogP contribution in [-0.4, -0.2) is 19.6 Å². The van der Waals surface area contributed by atoms with Crippen molar-refractivity contribution in [1.82, 2.24) is 5.32 Å². The van der Waals surface area contributed by atoms with Crippen LogP contribution in [-0.2, 0) is 0 Å². The highest BCUT2D eigenvalue weighted by Gasteiger charge is 2.13. The molecule has 0 aliphatic rings. The third-order valence-corrected chi connectivity index (χ3v) is 3.87. The second kappa shape index (κ2) is 12.0. The van der Waals surface area contributed by atoms with Crippen LogP contribution in [0.3, 0.4) is 0 Å². The Hall–Kier alpha value is -0.0800. The van der Waals surface area contributed by atoms with E-state index in [1.807, 2.05) is 0 Å². The van der Waals surface area contributed by atoms with E-state index in [1.54, 1.807) is 0 Å². The Morgan fingerprint density at radius 2 is 1.33 bits per heavy atom. The highest BCUT2D eigenvalue weighted by atomic mass is 14.9. The Morgan fingerprint density at radius 1 is 0.833 bits per heavy atom. The predicted octanol–water partition coefficient (Wildman–Crippen LogP) is 4.09. The molecule has 18 heavy (non-hydrogen) atoms. The Morgan fingerprint density at radius 3 is 1.83 bits per heavy atom. The van der Waals surface area contributed by atoms with E-state index in [2.05, 4.69) is 26.1 Å². The van der Waals surface area contributed by atoms with E-state index in [9.17, 15) is 0 Å². The summed E-state index contributed by atoms with van der Waals surface area (Å²) < 4.78 is 0. The number of hydrogen-bond acceptors (Lipinski definition) is 2. The summed E-state index contributed by atoms with van der Waals surface area (Å²) in [6.45, 7) is 10.1. The van der Waals surface area contributed by atoms with E-state index in [-0.39, 0.29) is 0 Å². The van der Waals surface area contributed by atoms with Crippen LogP contribution in [0.15, 0.2) is 0 Å². The van der Waals surface area contributed by atoms with Crippen molar-refractivity contribution in [2.75, 3.05) is 19.6 Å². The normalized spacial score (nSPS) is 12.0. The van der Waals surface area contributed by atoms with Crippen molar-refractivity contribution in [3.05, 3.63) is 0 Å². The molecule has 0 bridgehead atoms. The molecule has 0 heterocycles. The molecular formula is C16H36N2. The van der Waals surface area contributed by atoms with Crippen molar-refractivity contribution in [2.24, 2.45) is 11.1 Å². The van der Waals surface area contributed by atoms with Crippen molar-refractivity contribution in [3.63, 3.8) is 0 Å². The molecule has 0 fully saturated rings. The SMILES string of the molecule is CCC(C)(C)CNCCCCCCCCCCN. The zero-order chi connectivity index (χ0) is 13.7. The van der Waals surface area contributed by atoms with Crippen LogP contribution < -0.4 is 11.1 Å². The maximum absolute atomic E-state index is 5.47. The highest BCUT2D eigenvalue weighted by molar-refractivity contribution is 4.68. The lowest BCUT2D eigenvalue weighted by Gasteiger charge is -2.22. The van der Waals surface area contributed by atoms with Gasteiger partial charge in [0.25, 0.3) is 0 Å². The topological polar surface area (TPSA) is 38.0 Å². The van der Waals surface area contributed by atoms with Gasteiger partial charge in [-0.15, -0.1) is 0 Å². The summed E-state index contributed by atoms with van der Waals surface area (Å²) in [6, 6.07) is 0. The van der Waals surface area contributed by atoms with Gasteiger partial charge in [0.15, 0.2) is 0 Å². The molecule has 0 atom stereocenters. The van der Waals surface area contributed by atoms with E-state index in [0.29, 0.717) is 5.41 Å². The van der Waals surface area contributed by atoms with Crippen LogP contribution in [0.5, 0.6) is 0 Å². The number of nitrogens with one attached hydrogen (secondary N) is 1. The van der Waals surface area contributed by atoms with Crippen LogP contribution in [0.25, 0.3) is 0 Å². The van der Waals surface area contributed by atoms with Gasteiger partial charge in [-0.2, -0.15) is 0 Å². The standard InChI is InChI=1S/C16H36N2/c1-4-16(2,3)15-18-14-12-10-8-6-5-7-9-11-13-17/h18H,4-15,17H2,1-3H3. The number of unbranched alkanes of at least 4 members (excludes halogenated alkanes) is 7. The minimum Gasteiger partial charge on any atom is -0.330 e. The van der Waals surface area contributed by atoms with Gasteiger partial charge in [0, 0.05) is 6.54 Å². The summed E-state index contributed by atoms with van der Waals surface area (Å²) in [4.78, 5) is 0. The Balaban J connectivity index is 3.08. The molecule has 0 spiro atoms. The van der Waals surface area contributed by atoms with E-state index in [1.165, 1.54) is 64.3 Å². The van der Waals surface area contributed by atoms with Crippen LogP contribution in [0, 0.1) is 5.41 Å². The Kier molecular flexibility index (Phi) is 11.9. The Bertz CT molecular complexity index is 166. The summed E-state index contributed by atoms with van der Waals surface area (Å²) in [5.74, 6) is 0. The molecule has 0 amide bonds. The summed E-state index contributed by atoms with van der Waals surface area (Å²) in [6.07, 6.45) is 12.1. The van der Waals surface area contributed by atoms with Gasteiger partial charge in [-0.1, -0.05) is 59.3 Å². The van der Waals surface area contributed by atoms with Crippen LogP contribution in [0.2, 0.25) is 0 Å². The number of nitrogens with two attached hydrogens (primary N) is 1. The average molecular weight is 256 g/mol. The molecule has 0 aromatic rings. The minimum absolute atomic E-state index is 0.461. The van der Waals surface area contributed by atoms with E-state index in [4.69, 9.17) is 5.73 Å². The zero-order valence-corrected chi connectivity index (χ0v) is 13.1. The van der Waals surface area contributed by atoms with Gasteiger partial charge in [-0.3, -0.25) is 0 Å². The van der Waals surface area contributed by atoms with E-state index < -0.39 is 0 Å². The zero-order valence-electron chi connectivity index (χ0n) is 13.1. The Labute approximate surface area is 115 Å². The first-order valence-electron chi connectivity index (χ1n) is 8.03. The van der Waals surface area contributed by atoms with Crippen molar-refractivity contribution in [2.45, 2.75) is 78.6 Å². The molecule has 0 saturated carbocycles. The smallest absolute Gasteiger partial charge is 0.000241 e. The minimum atomic E-state index is 0.461. The van der Waals surface area contributed by atoms with Gasteiger partial charge >= 0.3 is 0 Å². The predicted molar refractivity (Wildman–Crippen MR) is 82.9 cm³/mol. The lowest BCUT2D eigenvalue weighted by Crippen LogP contribution is -2.29. The molecule has 2 nitrogen and oxygen atoms in total. The first kappa shape index (κ1) is 17.9. The molecular weight excluding hydrogens is 220 g/mol. The summed E-state index contributed by atoms with van der Waals surface area (Å²) in [7, 11) is 0. The number of hydrogen-bond donors (Lipinski definition) is 2. The summed E-state index contributed by atoms with van der Waals surface area (Å²) in [5, 5.41) is 3.58. The quantitative estimate of drug-likeness (QED) is 0.487. The van der Waals surface area contributed by atoms with Crippen LogP contribution in [0.1, 0.15) is 78.6 Å². The molecule has 3 N–H and O–H groups in total. The fourth-order valence-electron chi connectivity index (χ4n) is 2.01. The monoisotopic (exact) mass is 256 g/mol. The maximum Gasteiger partial charge on any atom is 0.000241 e. The highest BCUT2D eigenvalue weighted by Crippen LogP contribution is 2.17. The van der Waals surface area contributed by atoms with E-state index >= 15 is 0 Å². The molecule has 0 aliphatic heterocycles. The lowest BCUT2D eigenvalue weighted by molar-refractivity contribution is 0.327. The van der Waals surface area contributed by atoms with Gasteiger partial charge in [0.1, 0.15) is 0 Å². The lowest BCUT2D eigenvalue weighted by atomic mass is 9.90. The second-order valence-electron chi connectivity index (χ2n) is 6.31. The number of rotatable bonds is 13. The first-order valence-corrected chi connectivity index (χ1v) is 8.03. The van der Waals surface area contributed by atoms with Crippen molar-refractivity contribution >= 4 is 0 Å². The molecule has 2 heteroatoms. The molecule has 0 aromatic carbocycles. The largest absolute Gasteiger partial charge is 0.330 e. The third kappa shape index (κ3) is 12.4. The first-order chi connectivity index (χ1) is 8.62. The maximum atomic E-state index is 5.47. The van der Waals surface area contributed by atoms with Gasteiger partial charge in [0.2, 0.25) is 0 Å². The van der Waals surface area contributed by atoms with Gasteiger partial charge in [-0.05, 0) is 37.8 Å². The molecule has 0 saturated heterocycles. The fourth-order valence-corrected chi connectivity index (χ4v) is 2.01. The van der Waals surface area contributed by atoms with Crippen LogP contribution in [0.4, 0.5) is 0 Å². The van der Waals surface area contributed by atoms with Crippen molar-refractivity contribution in [1.29, 1.82) is 0 Å². The summed E-state index contributed by atoms with van der Waals surface area (Å²) in [5.41, 5.74) is 5.93. The molecule has 110 valence electrons. The third-order valence-electron chi connectivity index (χ3n) is 3.87. The molecule has 0 aliphatic carbocycles. The molecule has 0 aromatic heterocycles. The second-order valence-corrected chi connectivity index (χ2v) is 6.31. The van der Waals surface area contributed by atoms with Gasteiger partial charge in [-0.25, -0.2) is 0 Å². The summed E-state index contributed by atoms with van der Waals surface area (Å²) >= 11 is 0. The van der Waals surface area contributed by atoms with Crippen LogP contribution >= 0.6 is 0 Å². The molecule has 0 rings (SSSR count).